The van der Waals surface area contributed by atoms with E-state index < -0.39 is 18.1 Å². The Balaban J connectivity index is 1.43. The van der Waals surface area contributed by atoms with Gasteiger partial charge in [-0.3, -0.25) is 0 Å². The van der Waals surface area contributed by atoms with Gasteiger partial charge in [0.25, 0.3) is 0 Å². The number of carboxylic acids is 1. The lowest BCUT2D eigenvalue weighted by molar-refractivity contribution is -0.139. The first kappa shape index (κ1) is 17.8. The van der Waals surface area contributed by atoms with Crippen LogP contribution in [-0.2, 0) is 9.53 Å². The van der Waals surface area contributed by atoms with Crippen LogP contribution < -0.4 is 5.32 Å². The first-order valence-electron chi connectivity index (χ1n) is 8.88. The molecule has 1 atom stereocenters. The second-order valence-corrected chi connectivity index (χ2v) is 6.52. The summed E-state index contributed by atoms with van der Waals surface area (Å²) in [5.41, 5.74) is 4.43. The minimum absolute atomic E-state index is 0.0387. The van der Waals surface area contributed by atoms with Crippen LogP contribution in [0, 0.1) is 0 Å². The van der Waals surface area contributed by atoms with Gasteiger partial charge in [-0.15, -0.1) is 5.11 Å². The number of carboxylic acid groups (broad SMARTS) is 1. The Kier molecular flexibility index (Phi) is 4.84. The van der Waals surface area contributed by atoms with Gasteiger partial charge in [-0.25, -0.2) is 14.6 Å². The molecule has 0 saturated heterocycles. The summed E-state index contributed by atoms with van der Waals surface area (Å²) in [5.74, 6) is -0.973. The van der Waals surface area contributed by atoms with Crippen molar-refractivity contribution >= 4 is 17.9 Å². The van der Waals surface area contributed by atoms with Crippen LogP contribution in [0.1, 0.15) is 23.5 Å². The average Bonchev–Trinajstić information content (AvgIpc) is 3.32. The third-order valence-corrected chi connectivity index (χ3v) is 4.82. The molecular weight excluding hydrogens is 360 g/mol. The number of carbonyl (C=O) groups excluding carboxylic acids is 1. The highest BCUT2D eigenvalue weighted by Gasteiger charge is 2.30. The lowest BCUT2D eigenvalue weighted by atomic mass is 9.98. The van der Waals surface area contributed by atoms with Gasteiger partial charge in [-0.2, -0.15) is 5.11 Å². The zero-order chi connectivity index (χ0) is 19.5. The molecule has 0 aromatic heterocycles. The van der Waals surface area contributed by atoms with Crippen molar-refractivity contribution in [3.63, 3.8) is 0 Å². The molecule has 1 aliphatic carbocycles. The third kappa shape index (κ3) is 3.48. The van der Waals surface area contributed by atoms with Crippen LogP contribution in [0.4, 0.5) is 4.79 Å². The van der Waals surface area contributed by atoms with Gasteiger partial charge in [0.1, 0.15) is 18.5 Å². The van der Waals surface area contributed by atoms with Crippen molar-refractivity contribution in [3.05, 3.63) is 59.7 Å². The van der Waals surface area contributed by atoms with E-state index in [1.165, 1.54) is 0 Å². The van der Waals surface area contributed by atoms with Crippen LogP contribution in [0.25, 0.3) is 11.1 Å². The standard InChI is InChI=1S/C20H18N4O4/c25-19(26)17(9-18-21-11-22-24-18)23-20(27)28-10-16-14-7-3-1-5-12(14)13-6-2-4-8-15(13)16/h1-8,16-17H,9-11H2,(H,23,27)(H,25,26)/t17-/m0/s1. The van der Waals surface area contributed by atoms with Gasteiger partial charge in [-0.05, 0) is 22.3 Å². The molecule has 1 heterocycles. The molecule has 0 saturated carbocycles. The summed E-state index contributed by atoms with van der Waals surface area (Å²) in [7, 11) is 0. The number of alkyl carbamates (subject to hydrolysis) is 1. The summed E-state index contributed by atoms with van der Waals surface area (Å²) < 4.78 is 5.38. The zero-order valence-electron chi connectivity index (χ0n) is 14.9. The van der Waals surface area contributed by atoms with Crippen LogP contribution in [0.5, 0.6) is 0 Å². The van der Waals surface area contributed by atoms with Crippen molar-refractivity contribution in [1.29, 1.82) is 0 Å². The number of nitrogens with zero attached hydrogens (tertiary/aromatic N) is 3. The monoisotopic (exact) mass is 378 g/mol. The molecule has 1 amide bonds. The van der Waals surface area contributed by atoms with E-state index in [0.717, 1.165) is 22.3 Å². The SMILES string of the molecule is O=C(N[C@@H](CC1=NCN=N1)C(=O)O)OCC1c2ccccc2-c2ccccc21. The number of amidine groups is 1. The van der Waals surface area contributed by atoms with Crippen molar-refractivity contribution in [2.45, 2.75) is 18.4 Å². The van der Waals surface area contributed by atoms with Crippen LogP contribution in [0.2, 0.25) is 0 Å². The van der Waals surface area contributed by atoms with Crippen molar-refractivity contribution in [3.8, 4) is 11.1 Å². The highest BCUT2D eigenvalue weighted by atomic mass is 16.5. The first-order valence-corrected chi connectivity index (χ1v) is 8.88. The molecule has 2 aromatic carbocycles. The van der Waals surface area contributed by atoms with Crippen molar-refractivity contribution < 1.29 is 19.4 Å². The Morgan fingerprint density at radius 2 is 1.75 bits per heavy atom. The highest BCUT2D eigenvalue weighted by molar-refractivity contribution is 5.90. The van der Waals surface area contributed by atoms with Gasteiger partial charge < -0.3 is 15.2 Å². The predicted molar refractivity (Wildman–Crippen MR) is 101 cm³/mol. The van der Waals surface area contributed by atoms with Crippen LogP contribution in [0.3, 0.4) is 0 Å². The number of aliphatic carboxylic acids is 1. The fraction of sp³-hybridized carbons (Fsp3) is 0.250. The van der Waals surface area contributed by atoms with Crippen LogP contribution in [0.15, 0.2) is 63.8 Å². The largest absolute Gasteiger partial charge is 0.480 e. The Bertz CT molecular complexity index is 940. The summed E-state index contributed by atoms with van der Waals surface area (Å²) in [6, 6.07) is 14.8. The van der Waals surface area contributed by atoms with Gasteiger partial charge >= 0.3 is 12.1 Å². The third-order valence-electron chi connectivity index (χ3n) is 4.82. The molecule has 28 heavy (non-hydrogen) atoms. The zero-order valence-corrected chi connectivity index (χ0v) is 14.9. The van der Waals surface area contributed by atoms with Gasteiger partial charge in [0.15, 0.2) is 6.67 Å². The Morgan fingerprint density at radius 3 is 2.32 bits per heavy atom. The van der Waals surface area contributed by atoms with E-state index in [2.05, 4.69) is 20.5 Å². The molecule has 0 bridgehead atoms. The smallest absolute Gasteiger partial charge is 0.407 e. The maximum atomic E-state index is 12.2. The van der Waals surface area contributed by atoms with Crippen molar-refractivity contribution in [2.75, 3.05) is 13.3 Å². The second kappa shape index (κ2) is 7.59. The number of azo groups is 1. The summed E-state index contributed by atoms with van der Waals surface area (Å²) in [6.45, 7) is 0.305. The molecule has 0 radical (unpaired) electrons. The van der Waals surface area contributed by atoms with Crippen LogP contribution >= 0.6 is 0 Å². The van der Waals surface area contributed by atoms with Crippen LogP contribution in [-0.4, -0.2) is 42.3 Å². The molecule has 8 heteroatoms. The molecule has 142 valence electrons. The lowest BCUT2D eigenvalue weighted by Crippen LogP contribution is -2.42. The molecule has 0 fully saturated rings. The Labute approximate surface area is 161 Å². The maximum absolute atomic E-state index is 12.2. The van der Waals surface area contributed by atoms with E-state index in [4.69, 9.17) is 4.74 Å². The fourth-order valence-corrected chi connectivity index (χ4v) is 3.53. The number of nitrogens with one attached hydrogen (secondary N) is 1. The fourth-order valence-electron chi connectivity index (χ4n) is 3.53. The number of aliphatic imine (C=N–C) groups is 1. The normalized spacial score (nSPS) is 15.5. The Morgan fingerprint density at radius 1 is 1.11 bits per heavy atom. The molecule has 0 unspecified atom stereocenters. The van der Waals surface area contributed by atoms with E-state index in [1.807, 2.05) is 48.5 Å². The maximum Gasteiger partial charge on any atom is 0.407 e. The molecule has 2 aliphatic rings. The predicted octanol–water partition coefficient (Wildman–Crippen LogP) is 3.19. The molecule has 2 N–H and O–H groups in total. The van der Waals surface area contributed by atoms with Gasteiger partial charge in [-0.1, -0.05) is 48.5 Å². The van der Waals surface area contributed by atoms with E-state index in [1.54, 1.807) is 0 Å². The molecule has 4 rings (SSSR count). The van der Waals surface area contributed by atoms with Crippen molar-refractivity contribution in [1.82, 2.24) is 5.32 Å². The van der Waals surface area contributed by atoms with E-state index in [9.17, 15) is 14.7 Å². The van der Waals surface area contributed by atoms with Gasteiger partial charge in [0.05, 0.1) is 0 Å². The second-order valence-electron chi connectivity index (χ2n) is 6.52. The number of carbonyl (C=O) groups is 2. The number of fused-ring (bicyclic) bond motifs is 3. The molecule has 1 aliphatic heterocycles. The summed E-state index contributed by atoms with van der Waals surface area (Å²) in [6.07, 6.45) is -0.826. The highest BCUT2D eigenvalue weighted by Crippen LogP contribution is 2.44. The van der Waals surface area contributed by atoms with Gasteiger partial charge in [0.2, 0.25) is 0 Å². The van der Waals surface area contributed by atoms with E-state index in [-0.39, 0.29) is 25.6 Å². The van der Waals surface area contributed by atoms with Gasteiger partial charge in [0, 0.05) is 12.3 Å². The number of hydrogen-bond donors (Lipinski definition) is 2. The summed E-state index contributed by atoms with van der Waals surface area (Å²) >= 11 is 0. The lowest BCUT2D eigenvalue weighted by Gasteiger charge is -2.17. The number of benzene rings is 2. The Hall–Kier alpha value is -3.55. The van der Waals surface area contributed by atoms with E-state index >= 15 is 0 Å². The minimum Gasteiger partial charge on any atom is -0.480 e. The minimum atomic E-state index is -1.18. The molecule has 8 nitrogen and oxygen atoms in total. The van der Waals surface area contributed by atoms with Crippen molar-refractivity contribution in [2.24, 2.45) is 15.2 Å². The number of amides is 1. The number of rotatable bonds is 6. The summed E-state index contributed by atoms with van der Waals surface area (Å²) in [5, 5.41) is 19.1. The number of hydrogen-bond acceptors (Lipinski definition) is 6. The first-order chi connectivity index (χ1) is 13.6. The van der Waals surface area contributed by atoms with E-state index in [0.29, 0.717) is 5.84 Å². The average molecular weight is 378 g/mol. The molecule has 0 spiro atoms. The number of ether oxygens (including phenoxy) is 1. The molecular formula is C20H18N4O4. The quantitative estimate of drug-likeness (QED) is 0.803. The topological polar surface area (TPSA) is 113 Å². The molecule has 2 aromatic rings. The summed E-state index contributed by atoms with van der Waals surface area (Å²) in [4.78, 5) is 27.6.